The summed E-state index contributed by atoms with van der Waals surface area (Å²) in [6, 6.07) is 7.67. The quantitative estimate of drug-likeness (QED) is 0.839. The molecule has 1 N–H and O–H groups in total. The molecule has 1 aromatic carbocycles. The Morgan fingerprint density at radius 3 is 2.89 bits per heavy atom. The number of benzene rings is 1. The number of allylic oxidation sites excluding steroid dienone is 2. The lowest BCUT2D eigenvalue weighted by molar-refractivity contribution is 0.415. The summed E-state index contributed by atoms with van der Waals surface area (Å²) in [5.74, 6) is 3.04. The number of fused-ring (bicyclic) bond motifs is 2. The normalized spacial score (nSPS) is 27.3. The van der Waals surface area contributed by atoms with Crippen LogP contribution in [-0.4, -0.2) is 13.7 Å². The number of hydrogen-bond donors (Lipinski definition) is 1. The van der Waals surface area contributed by atoms with Crippen LogP contribution in [0.3, 0.4) is 0 Å². The molecule has 2 aliphatic rings. The third-order valence-electron chi connectivity index (χ3n) is 4.30. The number of nitrogens with zero attached hydrogens (tertiary/aromatic N) is 1. The minimum atomic E-state index is 0.630. The standard InChI is InChI=1S/C16H18N2O/c1-19-16-8-12(9-17)3-5-15(16)18-10-14-7-11-2-4-13(14)6-11/h2-5,8,11,13-14,18H,6-7,10H2,1H3. The van der Waals surface area contributed by atoms with Crippen LogP contribution in [0.1, 0.15) is 18.4 Å². The van der Waals surface area contributed by atoms with Crippen LogP contribution in [0.4, 0.5) is 5.69 Å². The predicted molar refractivity (Wildman–Crippen MR) is 75.0 cm³/mol. The van der Waals surface area contributed by atoms with Crippen LogP contribution >= 0.6 is 0 Å². The third-order valence-corrected chi connectivity index (χ3v) is 4.30. The molecule has 98 valence electrons. The molecule has 3 rings (SSSR count). The Morgan fingerprint density at radius 2 is 2.26 bits per heavy atom. The molecule has 19 heavy (non-hydrogen) atoms. The van der Waals surface area contributed by atoms with Crippen molar-refractivity contribution in [3.63, 3.8) is 0 Å². The zero-order valence-corrected chi connectivity index (χ0v) is 11.1. The van der Waals surface area contributed by atoms with Gasteiger partial charge in [0.2, 0.25) is 0 Å². The topological polar surface area (TPSA) is 45.0 Å². The first-order valence-corrected chi connectivity index (χ1v) is 6.80. The SMILES string of the molecule is COc1cc(C#N)ccc1NCC1CC2C=CC1C2. The van der Waals surface area contributed by atoms with E-state index in [2.05, 4.69) is 23.5 Å². The highest BCUT2D eigenvalue weighted by Crippen LogP contribution is 2.43. The molecule has 2 aliphatic carbocycles. The highest BCUT2D eigenvalue weighted by atomic mass is 16.5. The molecule has 1 saturated carbocycles. The van der Waals surface area contributed by atoms with E-state index in [4.69, 9.17) is 10.00 Å². The van der Waals surface area contributed by atoms with Crippen molar-refractivity contribution in [2.45, 2.75) is 12.8 Å². The Balaban J connectivity index is 1.67. The molecule has 2 bridgehead atoms. The lowest BCUT2D eigenvalue weighted by Crippen LogP contribution is -2.18. The van der Waals surface area contributed by atoms with Crippen molar-refractivity contribution in [1.82, 2.24) is 0 Å². The Morgan fingerprint density at radius 1 is 1.37 bits per heavy atom. The van der Waals surface area contributed by atoms with Gasteiger partial charge in [-0.3, -0.25) is 0 Å². The summed E-state index contributed by atoms with van der Waals surface area (Å²) in [6.07, 6.45) is 7.36. The molecule has 0 radical (unpaired) electrons. The summed E-state index contributed by atoms with van der Waals surface area (Å²) in [5, 5.41) is 12.4. The molecule has 0 amide bonds. The Labute approximate surface area is 113 Å². The van der Waals surface area contributed by atoms with Gasteiger partial charge in [0.05, 0.1) is 24.4 Å². The van der Waals surface area contributed by atoms with Gasteiger partial charge in [-0.2, -0.15) is 5.26 Å². The van der Waals surface area contributed by atoms with E-state index in [1.165, 1.54) is 12.8 Å². The number of rotatable bonds is 4. The fraction of sp³-hybridized carbons (Fsp3) is 0.438. The second-order valence-corrected chi connectivity index (χ2v) is 5.45. The van der Waals surface area contributed by atoms with Gasteiger partial charge < -0.3 is 10.1 Å². The van der Waals surface area contributed by atoms with Crippen molar-refractivity contribution >= 4 is 5.69 Å². The van der Waals surface area contributed by atoms with Crippen molar-refractivity contribution in [3.8, 4) is 11.8 Å². The van der Waals surface area contributed by atoms with Crippen LogP contribution in [0.25, 0.3) is 0 Å². The van der Waals surface area contributed by atoms with Crippen LogP contribution in [-0.2, 0) is 0 Å². The molecule has 0 heterocycles. The number of hydrogen-bond acceptors (Lipinski definition) is 3. The van der Waals surface area contributed by atoms with Crippen LogP contribution in [0.2, 0.25) is 0 Å². The summed E-state index contributed by atoms with van der Waals surface area (Å²) in [7, 11) is 1.64. The van der Waals surface area contributed by atoms with E-state index in [9.17, 15) is 0 Å². The van der Waals surface area contributed by atoms with Crippen molar-refractivity contribution in [3.05, 3.63) is 35.9 Å². The first kappa shape index (κ1) is 12.1. The average Bonchev–Trinajstić information content (AvgIpc) is 3.07. The van der Waals surface area contributed by atoms with Gasteiger partial charge in [-0.25, -0.2) is 0 Å². The molecule has 0 spiro atoms. The summed E-state index contributed by atoms with van der Waals surface area (Å²) in [4.78, 5) is 0. The van der Waals surface area contributed by atoms with Gasteiger partial charge in [0.25, 0.3) is 0 Å². The van der Waals surface area contributed by atoms with E-state index >= 15 is 0 Å². The monoisotopic (exact) mass is 254 g/mol. The van der Waals surface area contributed by atoms with Crippen molar-refractivity contribution < 1.29 is 4.74 Å². The third kappa shape index (κ3) is 2.31. The molecular weight excluding hydrogens is 236 g/mol. The number of methoxy groups -OCH3 is 1. The van der Waals surface area contributed by atoms with Crippen LogP contribution in [0.15, 0.2) is 30.4 Å². The van der Waals surface area contributed by atoms with E-state index < -0.39 is 0 Å². The predicted octanol–water partition coefficient (Wildman–Crippen LogP) is 3.19. The minimum absolute atomic E-state index is 0.630. The van der Waals surface area contributed by atoms with Gasteiger partial charge in [-0.1, -0.05) is 12.2 Å². The molecule has 3 heteroatoms. The zero-order valence-electron chi connectivity index (χ0n) is 11.1. The Hall–Kier alpha value is -1.95. The maximum atomic E-state index is 8.89. The van der Waals surface area contributed by atoms with E-state index in [0.717, 1.165) is 35.7 Å². The number of nitriles is 1. The van der Waals surface area contributed by atoms with Gasteiger partial charge in [-0.15, -0.1) is 0 Å². The molecule has 0 saturated heterocycles. The van der Waals surface area contributed by atoms with Crippen molar-refractivity contribution in [1.29, 1.82) is 5.26 Å². The molecule has 3 nitrogen and oxygen atoms in total. The summed E-state index contributed by atoms with van der Waals surface area (Å²) in [6.45, 7) is 0.980. The zero-order chi connectivity index (χ0) is 13.2. The molecule has 0 aromatic heterocycles. The molecular formula is C16H18N2O. The highest BCUT2D eigenvalue weighted by Gasteiger charge is 2.35. The first-order chi connectivity index (χ1) is 9.30. The molecule has 1 aromatic rings. The highest BCUT2D eigenvalue weighted by molar-refractivity contribution is 5.59. The largest absolute Gasteiger partial charge is 0.495 e. The van der Waals surface area contributed by atoms with E-state index in [1.807, 2.05) is 12.1 Å². The van der Waals surface area contributed by atoms with E-state index in [0.29, 0.717) is 5.56 Å². The van der Waals surface area contributed by atoms with Crippen LogP contribution < -0.4 is 10.1 Å². The fourth-order valence-corrected chi connectivity index (χ4v) is 3.28. The summed E-state index contributed by atoms with van der Waals surface area (Å²) < 4.78 is 5.34. The molecule has 3 atom stereocenters. The number of anilines is 1. The van der Waals surface area contributed by atoms with Gasteiger partial charge in [-0.05, 0) is 42.7 Å². The van der Waals surface area contributed by atoms with E-state index in [-0.39, 0.29) is 0 Å². The lowest BCUT2D eigenvalue weighted by Gasteiger charge is -2.20. The average molecular weight is 254 g/mol. The van der Waals surface area contributed by atoms with Gasteiger partial charge in [0.1, 0.15) is 5.75 Å². The van der Waals surface area contributed by atoms with Gasteiger partial charge >= 0.3 is 0 Å². The maximum Gasteiger partial charge on any atom is 0.143 e. The fourth-order valence-electron chi connectivity index (χ4n) is 3.28. The first-order valence-electron chi connectivity index (χ1n) is 6.80. The second kappa shape index (κ2) is 4.97. The molecule has 3 unspecified atom stereocenters. The van der Waals surface area contributed by atoms with Gasteiger partial charge in [0, 0.05) is 12.6 Å². The van der Waals surface area contributed by atoms with Crippen LogP contribution in [0, 0.1) is 29.1 Å². The van der Waals surface area contributed by atoms with E-state index in [1.54, 1.807) is 13.2 Å². The van der Waals surface area contributed by atoms with Crippen molar-refractivity contribution in [2.75, 3.05) is 19.0 Å². The minimum Gasteiger partial charge on any atom is -0.495 e. The number of ether oxygens (including phenoxy) is 1. The Kier molecular flexibility index (Phi) is 3.16. The smallest absolute Gasteiger partial charge is 0.143 e. The second-order valence-electron chi connectivity index (χ2n) is 5.45. The molecule has 0 aliphatic heterocycles. The summed E-state index contributed by atoms with van der Waals surface area (Å²) in [5.41, 5.74) is 1.61. The molecule has 1 fully saturated rings. The van der Waals surface area contributed by atoms with Gasteiger partial charge in [0.15, 0.2) is 0 Å². The lowest BCUT2D eigenvalue weighted by atomic mass is 9.93. The summed E-state index contributed by atoms with van der Waals surface area (Å²) >= 11 is 0. The van der Waals surface area contributed by atoms with Crippen LogP contribution in [0.5, 0.6) is 5.75 Å². The maximum absolute atomic E-state index is 8.89. The number of nitrogens with one attached hydrogen (secondary N) is 1. The van der Waals surface area contributed by atoms with Crippen molar-refractivity contribution in [2.24, 2.45) is 17.8 Å². The Bertz CT molecular complexity index is 544.